The van der Waals surface area contributed by atoms with E-state index in [0.717, 1.165) is 56.7 Å². The van der Waals surface area contributed by atoms with Crippen molar-refractivity contribution < 1.29 is 4.79 Å². The van der Waals surface area contributed by atoms with Gasteiger partial charge in [-0.3, -0.25) is 24.8 Å². The van der Waals surface area contributed by atoms with Crippen LogP contribution in [-0.4, -0.2) is 51.9 Å². The largest absolute Gasteiger partial charge is 0.368 e. The fourth-order valence-corrected chi connectivity index (χ4v) is 4.60. The zero-order valence-corrected chi connectivity index (χ0v) is 20.3. The molecule has 0 radical (unpaired) electrons. The number of benzene rings is 1. The quantitative estimate of drug-likeness (QED) is 0.384. The summed E-state index contributed by atoms with van der Waals surface area (Å²) in [6.07, 6.45) is 7.60. The Hall–Kier alpha value is -3.64. The number of hydrogen-bond donors (Lipinski definition) is 3. The molecule has 3 heterocycles. The van der Waals surface area contributed by atoms with Gasteiger partial charge in [0.05, 0.1) is 16.6 Å². The van der Waals surface area contributed by atoms with Gasteiger partial charge in [0.1, 0.15) is 11.7 Å². The molecular weight excluding hydrogens is 442 g/mol. The first-order chi connectivity index (χ1) is 17.1. The fourth-order valence-electron chi connectivity index (χ4n) is 4.60. The minimum absolute atomic E-state index is 0.133. The molecule has 184 valence electrons. The lowest BCUT2D eigenvalue weighted by molar-refractivity contribution is -0.116. The van der Waals surface area contributed by atoms with Gasteiger partial charge in [-0.15, -0.1) is 0 Å². The van der Waals surface area contributed by atoms with Gasteiger partial charge in [-0.05, 0) is 24.1 Å². The van der Waals surface area contributed by atoms with Crippen LogP contribution >= 0.6 is 0 Å². The molecule has 1 saturated heterocycles. The molecule has 1 aliphatic rings. The van der Waals surface area contributed by atoms with Crippen molar-refractivity contribution in [2.45, 2.75) is 52.0 Å². The molecule has 2 aromatic heterocycles. The van der Waals surface area contributed by atoms with Gasteiger partial charge in [-0.2, -0.15) is 10.2 Å². The fraction of sp³-hybridized carbons (Fsp3) is 0.462. The second-order valence-corrected chi connectivity index (χ2v) is 9.06. The lowest BCUT2D eigenvalue weighted by Crippen LogP contribution is -2.46. The highest BCUT2D eigenvalue weighted by molar-refractivity contribution is 5.90. The van der Waals surface area contributed by atoms with Gasteiger partial charge < -0.3 is 9.88 Å². The zero-order chi connectivity index (χ0) is 24.6. The number of piperazine rings is 1. The average molecular weight is 476 g/mol. The molecule has 0 aliphatic carbocycles. The molecule has 0 saturated carbocycles. The Morgan fingerprint density at radius 3 is 2.69 bits per heavy atom. The molecule has 35 heavy (non-hydrogen) atoms. The summed E-state index contributed by atoms with van der Waals surface area (Å²) in [4.78, 5) is 39.8. The summed E-state index contributed by atoms with van der Waals surface area (Å²) in [6.45, 7) is 6.06. The van der Waals surface area contributed by atoms with Crippen molar-refractivity contribution in [3.05, 3.63) is 51.9 Å². The van der Waals surface area contributed by atoms with Crippen molar-refractivity contribution in [3.63, 3.8) is 0 Å². The van der Waals surface area contributed by atoms with Crippen molar-refractivity contribution >= 4 is 28.6 Å². The lowest BCUT2D eigenvalue weighted by Gasteiger charge is -2.36. The third-order valence-corrected chi connectivity index (χ3v) is 6.52. The van der Waals surface area contributed by atoms with Crippen molar-refractivity contribution in [2.75, 3.05) is 36.4 Å². The van der Waals surface area contributed by atoms with Gasteiger partial charge in [-0.1, -0.05) is 44.7 Å². The molecule has 4 rings (SSSR count). The van der Waals surface area contributed by atoms with Crippen LogP contribution in [0.15, 0.2) is 35.3 Å². The summed E-state index contributed by atoms with van der Waals surface area (Å²) in [7, 11) is 0. The van der Waals surface area contributed by atoms with Gasteiger partial charge in [-0.25, -0.2) is 0 Å². The van der Waals surface area contributed by atoms with Crippen LogP contribution in [0.5, 0.6) is 0 Å². The number of nitrogens with zero attached hydrogens (tertiary/aromatic N) is 4. The average Bonchev–Trinajstić information content (AvgIpc) is 3.27. The number of aromatic amines is 2. The highest BCUT2D eigenvalue weighted by Gasteiger charge is 2.21. The number of nitrogens with one attached hydrogen (secondary N) is 3. The van der Waals surface area contributed by atoms with Crippen LogP contribution in [0.25, 0.3) is 11.0 Å². The number of carbonyl (C=O) groups is 1. The molecule has 1 aliphatic heterocycles. The van der Waals surface area contributed by atoms with Gasteiger partial charge in [0.25, 0.3) is 5.56 Å². The van der Waals surface area contributed by atoms with E-state index in [9.17, 15) is 14.9 Å². The second-order valence-electron chi connectivity index (χ2n) is 9.06. The van der Waals surface area contributed by atoms with E-state index in [1.54, 1.807) is 0 Å². The first-order valence-corrected chi connectivity index (χ1v) is 12.5. The van der Waals surface area contributed by atoms with E-state index in [4.69, 9.17) is 0 Å². The highest BCUT2D eigenvalue weighted by Crippen LogP contribution is 2.22. The number of fused-ring (bicyclic) bond motifs is 1. The van der Waals surface area contributed by atoms with E-state index in [1.807, 2.05) is 30.5 Å². The van der Waals surface area contributed by atoms with Crippen LogP contribution in [0, 0.1) is 11.3 Å². The molecule has 1 aromatic carbocycles. The maximum atomic E-state index is 12.8. The Labute approximate surface area is 205 Å². The van der Waals surface area contributed by atoms with Crippen LogP contribution in [0.1, 0.15) is 56.6 Å². The third-order valence-electron chi connectivity index (χ3n) is 6.52. The SMILES string of the molecule is CCCCCCCC(=O)Nc1nc2[nH]cc(CN3CCN(c4ccccc4C#N)CC3)c2c(=O)[nH]1. The van der Waals surface area contributed by atoms with E-state index in [0.29, 0.717) is 29.6 Å². The predicted octanol–water partition coefficient (Wildman–Crippen LogP) is 3.74. The minimum Gasteiger partial charge on any atom is -0.368 e. The normalized spacial score (nSPS) is 14.2. The monoisotopic (exact) mass is 475 g/mol. The number of aromatic nitrogens is 3. The number of carbonyl (C=O) groups excluding carboxylic acids is 1. The van der Waals surface area contributed by atoms with E-state index >= 15 is 0 Å². The number of hydrogen-bond acceptors (Lipinski definition) is 6. The third kappa shape index (κ3) is 6.08. The zero-order valence-electron chi connectivity index (χ0n) is 20.3. The Bertz CT molecular complexity index is 1250. The van der Waals surface area contributed by atoms with Gasteiger partial charge >= 0.3 is 0 Å². The standard InChI is InChI=1S/C26H33N7O2/c1-2-3-4-5-6-11-22(34)29-26-30-24-23(25(35)31-26)20(17-28-24)18-32-12-14-33(15-13-32)21-10-8-7-9-19(21)16-27/h7-10,17H,2-6,11-15,18H2,1H3,(H3,28,29,30,31,34,35). The van der Waals surface area contributed by atoms with Crippen molar-refractivity contribution in [1.82, 2.24) is 19.9 Å². The molecule has 3 aromatic rings. The molecule has 0 spiro atoms. The number of nitriles is 1. The highest BCUT2D eigenvalue weighted by atomic mass is 16.2. The van der Waals surface area contributed by atoms with Crippen LogP contribution in [0.4, 0.5) is 11.6 Å². The number of rotatable bonds is 10. The van der Waals surface area contributed by atoms with Gasteiger partial charge in [0.2, 0.25) is 11.9 Å². The first-order valence-electron chi connectivity index (χ1n) is 12.5. The number of unbranched alkanes of at least 4 members (excludes halogenated alkanes) is 4. The molecule has 0 atom stereocenters. The molecule has 1 amide bonds. The van der Waals surface area contributed by atoms with Crippen molar-refractivity contribution in [2.24, 2.45) is 0 Å². The van der Waals surface area contributed by atoms with E-state index in [-0.39, 0.29) is 17.4 Å². The summed E-state index contributed by atoms with van der Waals surface area (Å²) in [6, 6.07) is 9.94. The van der Waals surface area contributed by atoms with Crippen molar-refractivity contribution in [1.29, 1.82) is 5.26 Å². The summed E-state index contributed by atoms with van der Waals surface area (Å²) < 4.78 is 0. The number of para-hydroxylation sites is 1. The molecular formula is C26H33N7O2. The second kappa shape index (κ2) is 11.7. The van der Waals surface area contributed by atoms with E-state index < -0.39 is 0 Å². The summed E-state index contributed by atoms with van der Waals surface area (Å²) in [5.74, 6) is 0.0471. The Morgan fingerprint density at radius 1 is 1.14 bits per heavy atom. The van der Waals surface area contributed by atoms with Crippen LogP contribution in [0.3, 0.4) is 0 Å². The summed E-state index contributed by atoms with van der Waals surface area (Å²) in [5.41, 5.74) is 2.76. The lowest BCUT2D eigenvalue weighted by atomic mass is 10.1. The first kappa shape index (κ1) is 24.5. The molecule has 3 N–H and O–H groups in total. The van der Waals surface area contributed by atoms with E-state index in [2.05, 4.69) is 43.1 Å². The van der Waals surface area contributed by atoms with Crippen LogP contribution in [0.2, 0.25) is 0 Å². The van der Waals surface area contributed by atoms with Gasteiger partial charge in [0, 0.05) is 45.3 Å². The van der Waals surface area contributed by atoms with Crippen LogP contribution in [-0.2, 0) is 11.3 Å². The smallest absolute Gasteiger partial charge is 0.262 e. The Kier molecular flexibility index (Phi) is 8.16. The molecule has 9 heteroatoms. The minimum atomic E-state index is -0.258. The molecule has 0 unspecified atom stereocenters. The van der Waals surface area contributed by atoms with Crippen molar-refractivity contribution in [3.8, 4) is 6.07 Å². The van der Waals surface area contributed by atoms with Gasteiger partial charge in [0.15, 0.2) is 0 Å². The molecule has 0 bridgehead atoms. The maximum Gasteiger partial charge on any atom is 0.262 e. The number of anilines is 2. The Morgan fingerprint density at radius 2 is 1.91 bits per heavy atom. The van der Waals surface area contributed by atoms with E-state index in [1.165, 1.54) is 12.8 Å². The predicted molar refractivity (Wildman–Crippen MR) is 137 cm³/mol. The molecule has 1 fully saturated rings. The maximum absolute atomic E-state index is 12.8. The summed E-state index contributed by atoms with van der Waals surface area (Å²) >= 11 is 0. The molecule has 9 nitrogen and oxygen atoms in total. The summed E-state index contributed by atoms with van der Waals surface area (Å²) in [5, 5.41) is 12.6. The number of H-pyrrole nitrogens is 2. The Balaban J connectivity index is 1.35. The van der Waals surface area contributed by atoms with Crippen LogP contribution < -0.4 is 15.8 Å². The topological polar surface area (TPSA) is 121 Å². The number of amides is 1.